The molecule has 2 heterocycles. The van der Waals surface area contributed by atoms with Gasteiger partial charge in [-0.05, 0) is 67.5 Å². The van der Waals surface area contributed by atoms with Crippen molar-refractivity contribution in [2.24, 2.45) is 5.92 Å². The Hall–Kier alpha value is -3.65. The van der Waals surface area contributed by atoms with Gasteiger partial charge in [0.05, 0.1) is 12.0 Å². The third-order valence-corrected chi connectivity index (χ3v) is 5.74. The number of carbonyl (C=O) groups is 2. The van der Waals surface area contributed by atoms with Crippen LogP contribution < -0.4 is 4.74 Å². The number of aromatic nitrogens is 1. The van der Waals surface area contributed by atoms with Crippen LogP contribution in [0.1, 0.15) is 24.8 Å². The largest absolute Gasteiger partial charge is 0.478 e. The molecule has 0 spiro atoms. The maximum absolute atomic E-state index is 9.55. The molecule has 34 heavy (non-hydrogen) atoms. The van der Waals surface area contributed by atoms with E-state index in [4.69, 9.17) is 19.5 Å². The number of para-hydroxylation sites is 1. The van der Waals surface area contributed by atoms with Gasteiger partial charge in [-0.15, -0.1) is 0 Å². The fraction of sp³-hybridized carbons (Fsp3) is 0.346. The van der Waals surface area contributed by atoms with Gasteiger partial charge in [0, 0.05) is 18.7 Å². The van der Waals surface area contributed by atoms with Gasteiger partial charge in [-0.3, -0.25) is 0 Å². The van der Waals surface area contributed by atoms with Gasteiger partial charge in [-0.25, -0.2) is 9.59 Å². The first kappa shape index (κ1) is 25.0. The highest BCUT2D eigenvalue weighted by atomic mass is 16.5. The molecule has 1 saturated heterocycles. The number of carboxylic acids is 2. The van der Waals surface area contributed by atoms with Crippen LogP contribution in [0.25, 0.3) is 11.0 Å². The molecule has 1 aliphatic rings. The number of hydrogen-bond acceptors (Lipinski definition) is 6. The highest BCUT2D eigenvalue weighted by Crippen LogP contribution is 2.26. The Morgan fingerprint density at radius 3 is 2.32 bits per heavy atom. The minimum atomic E-state index is -1.26. The number of benzene rings is 2. The first-order valence-corrected chi connectivity index (χ1v) is 11.4. The monoisotopic (exact) mass is 466 g/mol. The highest BCUT2D eigenvalue weighted by molar-refractivity contribution is 5.89. The van der Waals surface area contributed by atoms with Crippen molar-refractivity contribution in [3.63, 3.8) is 0 Å². The molecular formula is C26H30N2O6. The molecule has 3 aromatic rings. The predicted molar refractivity (Wildman–Crippen MR) is 128 cm³/mol. The lowest BCUT2D eigenvalue weighted by Gasteiger charge is -2.31. The molecule has 1 aliphatic heterocycles. The summed E-state index contributed by atoms with van der Waals surface area (Å²) in [5, 5.41) is 20.6. The molecule has 8 heteroatoms. The van der Waals surface area contributed by atoms with Crippen LogP contribution in [0, 0.1) is 5.92 Å². The van der Waals surface area contributed by atoms with Crippen molar-refractivity contribution in [1.82, 2.24) is 10.1 Å². The number of piperidine rings is 1. The Balaban J connectivity index is 0.000000350. The molecule has 1 aromatic heterocycles. The smallest absolute Gasteiger partial charge is 0.328 e. The van der Waals surface area contributed by atoms with Crippen LogP contribution in [-0.2, 0) is 16.0 Å². The maximum atomic E-state index is 9.55. The molecule has 2 N–H and O–H groups in total. The average Bonchev–Trinajstić information content (AvgIpc) is 3.26. The summed E-state index contributed by atoms with van der Waals surface area (Å²) >= 11 is 0. The lowest BCUT2D eigenvalue weighted by molar-refractivity contribution is -0.134. The summed E-state index contributed by atoms with van der Waals surface area (Å²) in [5.74, 6) is -1.14. The molecule has 4 rings (SSSR count). The van der Waals surface area contributed by atoms with Crippen LogP contribution in [0.4, 0.5) is 0 Å². The molecule has 1 fully saturated rings. The second-order valence-electron chi connectivity index (χ2n) is 8.15. The second kappa shape index (κ2) is 13.2. The van der Waals surface area contributed by atoms with Crippen LogP contribution in [-0.4, -0.2) is 58.4 Å². The van der Waals surface area contributed by atoms with Gasteiger partial charge in [-0.1, -0.05) is 42.5 Å². The normalized spacial score (nSPS) is 14.6. The molecule has 0 aliphatic carbocycles. The van der Waals surface area contributed by atoms with Crippen molar-refractivity contribution in [3.05, 3.63) is 72.3 Å². The van der Waals surface area contributed by atoms with Crippen molar-refractivity contribution in [2.45, 2.75) is 25.7 Å². The third-order valence-electron chi connectivity index (χ3n) is 5.74. The lowest BCUT2D eigenvalue weighted by atomic mass is 9.93. The lowest BCUT2D eigenvalue weighted by Crippen LogP contribution is -2.35. The standard InChI is InChI=1S/C22H26N2O2.C4H4O4/c1-2-6-18(7-3-1)10-14-24-15-11-19(12-16-24)13-17-25-22-20-8-4-5-9-21(20)26-23-22;5-3(6)1-2-4(7)8/h1-9,19H,10-17H2;1-2H,(H,5,6)(H,7,8)/b;2-1+. The first-order chi connectivity index (χ1) is 16.5. The van der Waals surface area contributed by atoms with Crippen LogP contribution in [0.3, 0.4) is 0 Å². The number of likely N-dealkylation sites (tertiary alicyclic amines) is 1. The van der Waals surface area contributed by atoms with E-state index in [1.165, 1.54) is 31.5 Å². The summed E-state index contributed by atoms with van der Waals surface area (Å²) in [6.07, 6.45) is 5.88. The van der Waals surface area contributed by atoms with E-state index in [9.17, 15) is 9.59 Å². The summed E-state index contributed by atoms with van der Waals surface area (Å²) in [5.41, 5.74) is 2.22. The quantitative estimate of drug-likeness (QED) is 0.450. The van der Waals surface area contributed by atoms with Crippen LogP contribution in [0.15, 0.2) is 71.3 Å². The van der Waals surface area contributed by atoms with E-state index >= 15 is 0 Å². The number of nitrogens with zero attached hydrogens (tertiary/aromatic N) is 2. The third kappa shape index (κ3) is 8.37. The fourth-order valence-electron chi connectivity index (χ4n) is 3.86. The Labute approximate surface area is 198 Å². The van der Waals surface area contributed by atoms with Gasteiger partial charge in [0.15, 0.2) is 5.58 Å². The van der Waals surface area contributed by atoms with Gasteiger partial charge in [0.25, 0.3) is 5.88 Å². The van der Waals surface area contributed by atoms with Crippen molar-refractivity contribution in [2.75, 3.05) is 26.2 Å². The summed E-state index contributed by atoms with van der Waals surface area (Å²) in [4.78, 5) is 21.7. The molecule has 0 unspecified atom stereocenters. The zero-order valence-corrected chi connectivity index (χ0v) is 19.0. The fourth-order valence-corrected chi connectivity index (χ4v) is 3.86. The van der Waals surface area contributed by atoms with Crippen molar-refractivity contribution >= 4 is 22.9 Å². The number of hydrogen-bond donors (Lipinski definition) is 2. The number of rotatable bonds is 9. The minimum Gasteiger partial charge on any atom is -0.478 e. The molecule has 180 valence electrons. The van der Waals surface area contributed by atoms with Crippen LogP contribution in [0.2, 0.25) is 0 Å². The molecule has 8 nitrogen and oxygen atoms in total. The van der Waals surface area contributed by atoms with E-state index in [1.807, 2.05) is 24.3 Å². The van der Waals surface area contributed by atoms with Gasteiger partial charge in [-0.2, -0.15) is 0 Å². The van der Waals surface area contributed by atoms with Gasteiger partial charge in [0.1, 0.15) is 0 Å². The average molecular weight is 467 g/mol. The van der Waals surface area contributed by atoms with E-state index in [1.54, 1.807) is 0 Å². The Morgan fingerprint density at radius 2 is 1.65 bits per heavy atom. The van der Waals surface area contributed by atoms with Gasteiger partial charge < -0.3 is 24.4 Å². The number of ether oxygens (including phenoxy) is 1. The molecule has 0 saturated carbocycles. The van der Waals surface area contributed by atoms with E-state index in [-0.39, 0.29) is 0 Å². The zero-order valence-electron chi connectivity index (χ0n) is 19.0. The summed E-state index contributed by atoms with van der Waals surface area (Å²) in [6.45, 7) is 4.28. The number of fused-ring (bicyclic) bond motifs is 1. The highest BCUT2D eigenvalue weighted by Gasteiger charge is 2.19. The molecule has 0 amide bonds. The second-order valence-corrected chi connectivity index (χ2v) is 8.15. The maximum Gasteiger partial charge on any atom is 0.328 e. The first-order valence-electron chi connectivity index (χ1n) is 11.4. The summed E-state index contributed by atoms with van der Waals surface area (Å²) < 4.78 is 11.2. The van der Waals surface area contributed by atoms with Crippen molar-refractivity contribution < 1.29 is 29.1 Å². The van der Waals surface area contributed by atoms with Crippen LogP contribution >= 0.6 is 0 Å². The van der Waals surface area contributed by atoms with E-state index in [0.717, 1.165) is 36.3 Å². The molecule has 0 bridgehead atoms. The Morgan fingerprint density at radius 1 is 1.00 bits per heavy atom. The van der Waals surface area contributed by atoms with Gasteiger partial charge in [0.2, 0.25) is 0 Å². The SMILES string of the molecule is O=C(O)/C=C/C(=O)O.c1ccc(CCN2CCC(CCOc3noc4ccccc34)CC2)cc1. The molecule has 0 atom stereocenters. The topological polar surface area (TPSA) is 113 Å². The van der Waals surface area contributed by atoms with Crippen LogP contribution in [0.5, 0.6) is 5.88 Å². The summed E-state index contributed by atoms with van der Waals surface area (Å²) in [7, 11) is 0. The molecule has 2 aromatic carbocycles. The van der Waals surface area contributed by atoms with E-state index in [0.29, 0.717) is 24.6 Å². The predicted octanol–water partition coefficient (Wildman–Crippen LogP) is 4.26. The van der Waals surface area contributed by atoms with E-state index in [2.05, 4.69) is 40.4 Å². The Kier molecular flexibility index (Phi) is 9.66. The molecule has 0 radical (unpaired) electrons. The molecular weight excluding hydrogens is 436 g/mol. The minimum absolute atomic E-state index is 0.558. The Bertz CT molecular complexity index is 1060. The van der Waals surface area contributed by atoms with Crippen molar-refractivity contribution in [1.29, 1.82) is 0 Å². The van der Waals surface area contributed by atoms with Crippen molar-refractivity contribution in [3.8, 4) is 5.88 Å². The van der Waals surface area contributed by atoms with Gasteiger partial charge >= 0.3 is 11.9 Å². The number of aliphatic carboxylic acids is 2. The number of carboxylic acid groups (broad SMARTS) is 2. The summed E-state index contributed by atoms with van der Waals surface area (Å²) in [6, 6.07) is 18.6. The van der Waals surface area contributed by atoms with E-state index < -0.39 is 11.9 Å². The zero-order chi connectivity index (χ0) is 24.2.